The molecule has 1 heterocycles. The van der Waals surface area contributed by atoms with Gasteiger partial charge >= 0.3 is 29.8 Å². The second kappa shape index (κ2) is 12.1. The Morgan fingerprint density at radius 3 is 1.48 bits per heavy atom. The molecule has 206 valence electrons. The van der Waals surface area contributed by atoms with Crippen molar-refractivity contribution in [3.63, 3.8) is 0 Å². The number of imide groups is 2. The zero-order valence-corrected chi connectivity index (χ0v) is 23.2. The molecular formula is C30H29N2O7P. The number of nitrogens with zero attached hydrogens (tertiary/aromatic N) is 2. The van der Waals surface area contributed by atoms with E-state index in [4.69, 9.17) is 9.47 Å². The first-order chi connectivity index (χ1) is 19.3. The van der Waals surface area contributed by atoms with Crippen LogP contribution in [0.1, 0.15) is 13.8 Å². The lowest BCUT2D eigenvalue weighted by atomic mass is 10.1. The highest BCUT2D eigenvalue weighted by atomic mass is 31.2. The van der Waals surface area contributed by atoms with Gasteiger partial charge in [-0.05, 0) is 36.6 Å². The number of amides is 4. The van der Waals surface area contributed by atoms with Crippen molar-refractivity contribution >= 4 is 57.9 Å². The van der Waals surface area contributed by atoms with E-state index in [1.165, 1.54) is 0 Å². The van der Waals surface area contributed by atoms with E-state index in [0.29, 0.717) is 25.7 Å². The number of carbonyl (C=O) groups is 5. The summed E-state index contributed by atoms with van der Waals surface area (Å²) in [7, 11) is 1.14. The van der Waals surface area contributed by atoms with Crippen LogP contribution in [-0.2, 0) is 28.7 Å². The zero-order valence-electron chi connectivity index (χ0n) is 22.4. The van der Waals surface area contributed by atoms with Gasteiger partial charge in [-0.15, -0.1) is 0 Å². The molecule has 4 amide bonds. The zero-order chi connectivity index (χ0) is 28.9. The quantitative estimate of drug-likeness (QED) is 0.171. The van der Waals surface area contributed by atoms with Gasteiger partial charge in [0, 0.05) is 7.05 Å². The normalized spacial score (nSPS) is 14.2. The summed E-state index contributed by atoms with van der Waals surface area (Å²) in [6.45, 7) is -0.321. The average Bonchev–Trinajstić information content (AvgIpc) is 3.17. The number of hydrogen-bond donors (Lipinski definition) is 0. The minimum absolute atomic E-state index is 0.0447. The number of likely N-dealkylation sites (N-methyl/N-ethyl adjacent to an activating group) is 1. The van der Waals surface area contributed by atoms with Crippen molar-refractivity contribution in [3.05, 3.63) is 91.0 Å². The van der Waals surface area contributed by atoms with E-state index < -0.39 is 42.7 Å². The Hall–Kier alpha value is -4.49. The Balaban J connectivity index is 2.31. The molecule has 10 heteroatoms. The van der Waals surface area contributed by atoms with Crippen molar-refractivity contribution in [3.8, 4) is 0 Å². The van der Waals surface area contributed by atoms with Crippen molar-refractivity contribution in [2.45, 2.75) is 19.9 Å². The van der Waals surface area contributed by atoms with Crippen LogP contribution in [0.5, 0.6) is 0 Å². The molecule has 0 N–H and O–H groups in total. The number of benzene rings is 3. The van der Waals surface area contributed by atoms with E-state index in [-0.39, 0.29) is 18.5 Å². The topological polar surface area (TPSA) is 110 Å². The maximum Gasteiger partial charge on any atom is 0.337 e. The molecule has 4 rings (SSSR count). The van der Waals surface area contributed by atoms with Crippen LogP contribution in [0.15, 0.2) is 91.0 Å². The molecule has 0 bridgehead atoms. The van der Waals surface area contributed by atoms with Crippen LogP contribution >= 0.6 is 6.89 Å². The minimum atomic E-state index is -3.36. The number of hydrogen-bond acceptors (Lipinski definition) is 7. The van der Waals surface area contributed by atoms with E-state index >= 15 is 0 Å². The van der Waals surface area contributed by atoms with Gasteiger partial charge < -0.3 is 9.47 Å². The van der Waals surface area contributed by atoms with Crippen LogP contribution in [0.4, 0.5) is 4.79 Å². The first-order valence-corrected chi connectivity index (χ1v) is 14.5. The number of esters is 2. The highest BCUT2D eigenvalue weighted by molar-refractivity contribution is 7.96. The summed E-state index contributed by atoms with van der Waals surface area (Å²) < 4.78 is 10.9. The largest absolute Gasteiger partial charge is 0.464 e. The summed E-state index contributed by atoms with van der Waals surface area (Å²) in [5.74, 6) is -4.26. The molecule has 1 aliphatic heterocycles. The predicted molar refractivity (Wildman–Crippen MR) is 152 cm³/mol. The van der Waals surface area contributed by atoms with Crippen LogP contribution in [0.3, 0.4) is 0 Å². The molecule has 0 radical (unpaired) electrons. The van der Waals surface area contributed by atoms with E-state index in [2.05, 4.69) is 0 Å². The standard InChI is InChI=1S/C30H29N2O7P/c1-4-38-28(35)24(32-27(34)26(33)31(3)30(32)37)25(29(36)39-5-2)40(21-15-9-6-10-16-21,22-17-11-7-12-18-22)23-19-13-8-14-20-23/h6-20,24H,4-5H2,1-3H3. The molecule has 1 fully saturated rings. The first kappa shape index (κ1) is 28.5. The van der Waals surface area contributed by atoms with Crippen molar-refractivity contribution in [1.82, 2.24) is 9.80 Å². The summed E-state index contributed by atoms with van der Waals surface area (Å²) in [5.41, 5.74) is 0. The molecule has 3 aromatic rings. The predicted octanol–water partition coefficient (Wildman–Crippen LogP) is 2.07. The third-order valence-electron chi connectivity index (χ3n) is 6.50. The third kappa shape index (κ3) is 4.84. The SMILES string of the molecule is CCOC(=O)C(C(C(=O)OCC)N1C(=O)C(=O)N(C)C1=O)=P(c1ccccc1)(c1ccccc1)c1ccccc1. The highest BCUT2D eigenvalue weighted by Crippen LogP contribution is 2.48. The lowest BCUT2D eigenvalue weighted by molar-refractivity contribution is -0.151. The molecule has 0 saturated carbocycles. The van der Waals surface area contributed by atoms with Crippen molar-refractivity contribution < 1.29 is 33.4 Å². The number of rotatable bonds is 9. The van der Waals surface area contributed by atoms with Gasteiger partial charge in [-0.1, -0.05) is 91.0 Å². The van der Waals surface area contributed by atoms with E-state index in [1.807, 2.05) is 91.0 Å². The second-order valence-electron chi connectivity index (χ2n) is 8.76. The Labute approximate surface area is 232 Å². The maximum absolute atomic E-state index is 14.2. The molecule has 9 nitrogen and oxygen atoms in total. The molecule has 0 aliphatic carbocycles. The lowest BCUT2D eigenvalue weighted by Gasteiger charge is -2.36. The molecular weight excluding hydrogens is 531 g/mol. The molecule has 1 aliphatic rings. The summed E-state index contributed by atoms with van der Waals surface area (Å²) in [6.07, 6.45) is 0. The number of carbonyl (C=O) groups excluding carboxylic acids is 5. The molecule has 0 spiro atoms. The summed E-state index contributed by atoms with van der Waals surface area (Å²) in [4.78, 5) is 68.4. The second-order valence-corrected chi connectivity index (χ2v) is 12.1. The number of urea groups is 1. The van der Waals surface area contributed by atoms with Gasteiger partial charge in [-0.3, -0.25) is 14.5 Å². The van der Waals surface area contributed by atoms with Crippen LogP contribution in [0.25, 0.3) is 0 Å². The fourth-order valence-electron chi connectivity index (χ4n) is 4.83. The van der Waals surface area contributed by atoms with E-state index in [9.17, 15) is 24.0 Å². The smallest absolute Gasteiger partial charge is 0.337 e. The Morgan fingerprint density at radius 2 is 1.12 bits per heavy atom. The van der Waals surface area contributed by atoms with Gasteiger partial charge in [0.1, 0.15) is 0 Å². The fraction of sp³-hybridized carbons (Fsp3) is 0.200. The van der Waals surface area contributed by atoms with Crippen LogP contribution in [0, 0.1) is 0 Å². The molecule has 0 aromatic heterocycles. The van der Waals surface area contributed by atoms with Crippen molar-refractivity contribution in [2.75, 3.05) is 20.3 Å². The Kier molecular flexibility index (Phi) is 8.65. The molecule has 1 unspecified atom stereocenters. The van der Waals surface area contributed by atoms with Gasteiger partial charge in [-0.25, -0.2) is 19.3 Å². The monoisotopic (exact) mass is 560 g/mol. The van der Waals surface area contributed by atoms with Gasteiger partial charge in [-0.2, -0.15) is 0 Å². The third-order valence-corrected chi connectivity index (χ3v) is 10.9. The molecule has 1 atom stereocenters. The molecule has 40 heavy (non-hydrogen) atoms. The Morgan fingerprint density at radius 1 is 0.700 bits per heavy atom. The van der Waals surface area contributed by atoms with E-state index in [0.717, 1.165) is 7.05 Å². The first-order valence-electron chi connectivity index (χ1n) is 12.7. The van der Waals surface area contributed by atoms with Gasteiger partial charge in [0.05, 0.1) is 18.5 Å². The summed E-state index contributed by atoms with van der Waals surface area (Å²) >= 11 is 0. The average molecular weight is 561 g/mol. The minimum Gasteiger partial charge on any atom is -0.464 e. The fourth-order valence-corrected chi connectivity index (χ4v) is 9.34. The van der Waals surface area contributed by atoms with Crippen LogP contribution in [-0.4, -0.2) is 71.2 Å². The highest BCUT2D eigenvalue weighted by Gasteiger charge is 2.54. The molecule has 3 aromatic carbocycles. The van der Waals surface area contributed by atoms with E-state index in [1.54, 1.807) is 13.8 Å². The van der Waals surface area contributed by atoms with Crippen molar-refractivity contribution in [1.29, 1.82) is 0 Å². The molecule has 1 saturated heterocycles. The van der Waals surface area contributed by atoms with Crippen LogP contribution in [0.2, 0.25) is 0 Å². The van der Waals surface area contributed by atoms with Crippen molar-refractivity contribution in [2.24, 2.45) is 0 Å². The summed E-state index contributed by atoms with van der Waals surface area (Å²) in [5, 5.41) is 1.86. The van der Waals surface area contributed by atoms with Gasteiger partial charge in [0.2, 0.25) is 0 Å². The van der Waals surface area contributed by atoms with Gasteiger partial charge in [0.25, 0.3) is 0 Å². The maximum atomic E-state index is 14.2. The van der Waals surface area contributed by atoms with Gasteiger partial charge in [0.15, 0.2) is 6.04 Å². The summed E-state index contributed by atoms with van der Waals surface area (Å²) in [6, 6.07) is 24.4. The number of ether oxygens (including phenoxy) is 2. The van der Waals surface area contributed by atoms with Crippen LogP contribution < -0.4 is 15.9 Å². The lowest BCUT2D eigenvalue weighted by Crippen LogP contribution is -2.55. The Bertz CT molecular complexity index is 1390.